The van der Waals surface area contributed by atoms with Crippen LogP contribution in [0.3, 0.4) is 0 Å². The van der Waals surface area contributed by atoms with Gasteiger partial charge in [-0.25, -0.2) is 0 Å². The third kappa shape index (κ3) is 2.97. The normalized spacial score (nSPS) is 26.5. The number of amides is 2. The van der Waals surface area contributed by atoms with Crippen molar-refractivity contribution in [2.45, 2.75) is 24.4 Å². The number of fused-ring (bicyclic) bond motifs is 2. The number of carbonyl (C=O) groups excluding carboxylic acids is 2. The van der Waals surface area contributed by atoms with Crippen molar-refractivity contribution in [2.24, 2.45) is 5.92 Å². The molecular weight excluding hydrogens is 358 g/mol. The SMILES string of the molecule is COc1ccc(C(=O)N2CC3COCCN3C3(C2)CN(C(=O)C2CC2)C3)cc1. The summed E-state index contributed by atoms with van der Waals surface area (Å²) in [7, 11) is 1.62. The van der Waals surface area contributed by atoms with Crippen molar-refractivity contribution in [3.05, 3.63) is 29.8 Å². The molecule has 0 radical (unpaired) electrons. The van der Waals surface area contributed by atoms with Gasteiger partial charge in [-0.2, -0.15) is 0 Å². The number of hydrogen-bond acceptors (Lipinski definition) is 5. The first-order valence-corrected chi connectivity index (χ1v) is 10.2. The van der Waals surface area contributed by atoms with Crippen LogP contribution in [0.15, 0.2) is 24.3 Å². The summed E-state index contributed by atoms with van der Waals surface area (Å²) in [5.74, 6) is 1.33. The van der Waals surface area contributed by atoms with E-state index in [-0.39, 0.29) is 23.4 Å². The molecule has 4 aliphatic rings. The highest BCUT2D eigenvalue weighted by Gasteiger charge is 2.57. The molecule has 4 fully saturated rings. The van der Waals surface area contributed by atoms with Crippen molar-refractivity contribution < 1.29 is 19.1 Å². The summed E-state index contributed by atoms with van der Waals surface area (Å²) in [5.41, 5.74) is 0.547. The zero-order valence-electron chi connectivity index (χ0n) is 16.3. The summed E-state index contributed by atoms with van der Waals surface area (Å²) < 4.78 is 10.9. The zero-order chi connectivity index (χ0) is 19.3. The second-order valence-corrected chi connectivity index (χ2v) is 8.53. The maximum Gasteiger partial charge on any atom is 0.253 e. The van der Waals surface area contributed by atoms with Gasteiger partial charge < -0.3 is 19.3 Å². The molecule has 7 heteroatoms. The Morgan fingerprint density at radius 1 is 1.11 bits per heavy atom. The molecule has 3 heterocycles. The van der Waals surface area contributed by atoms with E-state index in [0.29, 0.717) is 31.2 Å². The number of nitrogens with zero attached hydrogens (tertiary/aromatic N) is 3. The molecule has 0 N–H and O–H groups in total. The van der Waals surface area contributed by atoms with E-state index in [0.717, 1.165) is 44.8 Å². The Hall–Kier alpha value is -2.12. The standard InChI is InChI=1S/C21H27N3O4/c1-27-18-6-4-16(5-7-18)19(25)22-10-17-11-28-9-8-24(17)21(12-22)13-23(14-21)20(26)15-2-3-15/h4-7,15,17H,2-3,8-14H2,1H3. The lowest BCUT2D eigenvalue weighted by atomic mass is 9.82. The monoisotopic (exact) mass is 385 g/mol. The highest BCUT2D eigenvalue weighted by Crippen LogP contribution is 2.40. The molecule has 0 bridgehead atoms. The molecule has 150 valence electrons. The molecule has 1 atom stereocenters. The van der Waals surface area contributed by atoms with Crippen molar-refractivity contribution in [3.8, 4) is 5.75 Å². The first-order valence-electron chi connectivity index (χ1n) is 10.2. The Morgan fingerprint density at radius 2 is 1.82 bits per heavy atom. The van der Waals surface area contributed by atoms with Crippen LogP contribution >= 0.6 is 0 Å². The van der Waals surface area contributed by atoms with Crippen LogP contribution in [0.25, 0.3) is 0 Å². The number of methoxy groups -OCH3 is 1. The van der Waals surface area contributed by atoms with Crippen LogP contribution in [0.5, 0.6) is 5.75 Å². The van der Waals surface area contributed by atoms with Crippen LogP contribution in [0.4, 0.5) is 0 Å². The Labute approximate surface area is 165 Å². The average molecular weight is 385 g/mol. The number of rotatable bonds is 3. The number of ether oxygens (including phenoxy) is 2. The first-order chi connectivity index (χ1) is 13.6. The Kier molecular flexibility index (Phi) is 4.32. The third-order valence-corrected chi connectivity index (χ3v) is 6.59. The molecule has 1 aromatic rings. The highest BCUT2D eigenvalue weighted by atomic mass is 16.5. The van der Waals surface area contributed by atoms with Gasteiger partial charge in [0, 0.05) is 44.2 Å². The minimum Gasteiger partial charge on any atom is -0.497 e. The number of likely N-dealkylation sites (tertiary alicyclic amines) is 1. The van der Waals surface area contributed by atoms with E-state index in [2.05, 4.69) is 4.90 Å². The van der Waals surface area contributed by atoms with Crippen molar-refractivity contribution in [1.29, 1.82) is 0 Å². The highest BCUT2D eigenvalue weighted by molar-refractivity contribution is 5.94. The molecule has 1 saturated carbocycles. The lowest BCUT2D eigenvalue weighted by Gasteiger charge is -2.63. The summed E-state index contributed by atoms with van der Waals surface area (Å²) in [5, 5.41) is 0. The molecule has 2 amide bonds. The van der Waals surface area contributed by atoms with Gasteiger partial charge in [0.15, 0.2) is 0 Å². The van der Waals surface area contributed by atoms with E-state index in [9.17, 15) is 9.59 Å². The lowest BCUT2D eigenvalue weighted by molar-refractivity contribution is -0.173. The average Bonchev–Trinajstić information content (AvgIpc) is 3.55. The van der Waals surface area contributed by atoms with E-state index in [1.807, 2.05) is 34.1 Å². The van der Waals surface area contributed by atoms with E-state index < -0.39 is 0 Å². The number of carbonyl (C=O) groups is 2. The molecule has 0 aromatic heterocycles. The Morgan fingerprint density at radius 3 is 2.50 bits per heavy atom. The van der Waals surface area contributed by atoms with E-state index >= 15 is 0 Å². The summed E-state index contributed by atoms with van der Waals surface area (Å²) in [4.78, 5) is 32.1. The van der Waals surface area contributed by atoms with Crippen molar-refractivity contribution >= 4 is 11.8 Å². The van der Waals surface area contributed by atoms with Gasteiger partial charge in [-0.15, -0.1) is 0 Å². The van der Waals surface area contributed by atoms with Gasteiger partial charge in [-0.05, 0) is 37.1 Å². The van der Waals surface area contributed by atoms with Crippen LogP contribution in [-0.4, -0.2) is 91.1 Å². The predicted molar refractivity (Wildman–Crippen MR) is 102 cm³/mol. The largest absolute Gasteiger partial charge is 0.497 e. The molecule has 7 nitrogen and oxygen atoms in total. The van der Waals surface area contributed by atoms with Crippen LogP contribution in [0, 0.1) is 5.92 Å². The minimum absolute atomic E-state index is 0.0409. The lowest BCUT2D eigenvalue weighted by Crippen LogP contribution is -2.81. The van der Waals surface area contributed by atoms with Gasteiger partial charge in [0.1, 0.15) is 5.75 Å². The van der Waals surface area contributed by atoms with E-state index in [1.54, 1.807) is 7.11 Å². The molecule has 28 heavy (non-hydrogen) atoms. The fourth-order valence-electron chi connectivity index (χ4n) is 4.96. The van der Waals surface area contributed by atoms with E-state index in [4.69, 9.17) is 9.47 Å². The zero-order valence-corrected chi connectivity index (χ0v) is 16.3. The van der Waals surface area contributed by atoms with Gasteiger partial charge in [-0.3, -0.25) is 14.5 Å². The van der Waals surface area contributed by atoms with Crippen molar-refractivity contribution in [1.82, 2.24) is 14.7 Å². The quantitative estimate of drug-likeness (QED) is 0.772. The van der Waals surface area contributed by atoms with Crippen LogP contribution < -0.4 is 4.74 Å². The van der Waals surface area contributed by atoms with Gasteiger partial charge in [-0.1, -0.05) is 0 Å². The Balaban J connectivity index is 1.35. The van der Waals surface area contributed by atoms with Crippen LogP contribution in [-0.2, 0) is 9.53 Å². The summed E-state index contributed by atoms with van der Waals surface area (Å²) in [6.45, 7) is 5.04. The molecule has 1 spiro atoms. The maximum absolute atomic E-state index is 13.2. The van der Waals surface area contributed by atoms with Crippen LogP contribution in [0.1, 0.15) is 23.2 Å². The maximum atomic E-state index is 13.2. The molecule has 3 aliphatic heterocycles. The first kappa shape index (κ1) is 17.9. The summed E-state index contributed by atoms with van der Waals surface area (Å²) >= 11 is 0. The number of piperazine rings is 1. The number of hydrogen-bond donors (Lipinski definition) is 0. The second-order valence-electron chi connectivity index (χ2n) is 8.53. The molecular formula is C21H27N3O4. The van der Waals surface area contributed by atoms with E-state index in [1.165, 1.54) is 0 Å². The summed E-state index contributed by atoms with van der Waals surface area (Å²) in [6.07, 6.45) is 2.06. The topological polar surface area (TPSA) is 62.3 Å². The number of benzene rings is 1. The molecule has 1 aliphatic carbocycles. The van der Waals surface area contributed by atoms with Crippen molar-refractivity contribution in [3.63, 3.8) is 0 Å². The molecule has 3 saturated heterocycles. The summed E-state index contributed by atoms with van der Waals surface area (Å²) in [6, 6.07) is 7.48. The van der Waals surface area contributed by atoms with Gasteiger partial charge in [0.2, 0.25) is 5.91 Å². The molecule has 1 unspecified atom stereocenters. The molecule has 5 rings (SSSR count). The van der Waals surface area contributed by atoms with Crippen LogP contribution in [0.2, 0.25) is 0 Å². The fourth-order valence-corrected chi connectivity index (χ4v) is 4.96. The van der Waals surface area contributed by atoms with Gasteiger partial charge in [0.25, 0.3) is 5.91 Å². The van der Waals surface area contributed by atoms with Gasteiger partial charge in [0.05, 0.1) is 31.9 Å². The van der Waals surface area contributed by atoms with Gasteiger partial charge >= 0.3 is 0 Å². The predicted octanol–water partition coefficient (Wildman–Crippen LogP) is 0.843. The fraction of sp³-hybridized carbons (Fsp3) is 0.619. The second kappa shape index (κ2) is 6.74. The Bertz CT molecular complexity index is 770. The third-order valence-electron chi connectivity index (χ3n) is 6.59. The smallest absolute Gasteiger partial charge is 0.253 e. The number of morpholine rings is 1. The molecule has 1 aromatic carbocycles. The minimum atomic E-state index is -0.126. The van der Waals surface area contributed by atoms with Crippen molar-refractivity contribution in [2.75, 3.05) is 53.0 Å².